The highest BCUT2D eigenvalue weighted by molar-refractivity contribution is 7.09. The van der Waals surface area contributed by atoms with Crippen molar-refractivity contribution in [2.24, 2.45) is 0 Å². The molecule has 5 heteroatoms. The molecule has 0 aliphatic rings. The molecule has 0 aliphatic heterocycles. The molecule has 4 nitrogen and oxygen atoms in total. The minimum Gasteiger partial charge on any atom is -0.478 e. The topological polar surface area (TPSA) is 59.4 Å². The van der Waals surface area contributed by atoms with Crippen LogP contribution in [0.25, 0.3) is 10.9 Å². The molecule has 1 aromatic heterocycles. The number of aromatic carboxylic acids is 1. The van der Waals surface area contributed by atoms with Crippen LogP contribution in [-0.4, -0.2) is 15.4 Å². The molecule has 0 saturated carbocycles. The Labute approximate surface area is 119 Å². The zero-order chi connectivity index (χ0) is 14.1. The first-order valence-electron chi connectivity index (χ1n) is 6.02. The van der Waals surface area contributed by atoms with E-state index in [2.05, 4.69) is 4.37 Å². The van der Waals surface area contributed by atoms with Crippen LogP contribution in [0.1, 0.15) is 15.9 Å². The number of hydrogen-bond donors (Lipinski definition) is 1. The molecule has 0 spiro atoms. The fourth-order valence-corrected chi connectivity index (χ4v) is 2.72. The summed E-state index contributed by atoms with van der Waals surface area (Å²) < 4.78 is 10.1. The van der Waals surface area contributed by atoms with Crippen molar-refractivity contribution in [3.05, 3.63) is 53.6 Å². The quantitative estimate of drug-likeness (QED) is 0.787. The van der Waals surface area contributed by atoms with Crippen molar-refractivity contribution in [3.63, 3.8) is 0 Å². The Hall–Kier alpha value is -2.40. The lowest BCUT2D eigenvalue weighted by molar-refractivity contribution is 0.0694. The minimum absolute atomic E-state index is 0.155. The highest BCUT2D eigenvalue weighted by atomic mass is 32.1. The number of rotatable bonds is 3. The van der Waals surface area contributed by atoms with Crippen LogP contribution >= 0.6 is 11.5 Å². The first-order chi connectivity index (χ1) is 9.66. The van der Waals surface area contributed by atoms with Crippen LogP contribution < -0.4 is 4.74 Å². The predicted molar refractivity (Wildman–Crippen MR) is 77.8 cm³/mol. The van der Waals surface area contributed by atoms with E-state index in [1.165, 1.54) is 17.6 Å². The van der Waals surface area contributed by atoms with Gasteiger partial charge in [0.05, 0.1) is 10.9 Å². The summed E-state index contributed by atoms with van der Waals surface area (Å²) in [6, 6.07) is 12.7. The number of carbonyl (C=O) groups is 1. The number of benzene rings is 2. The van der Waals surface area contributed by atoms with Gasteiger partial charge in [-0.25, -0.2) is 4.79 Å². The van der Waals surface area contributed by atoms with Gasteiger partial charge < -0.3 is 9.84 Å². The molecular formula is C15H11NO3S. The largest absolute Gasteiger partial charge is 0.478 e. The third kappa shape index (κ3) is 2.12. The van der Waals surface area contributed by atoms with Gasteiger partial charge in [-0.05, 0) is 30.7 Å². The summed E-state index contributed by atoms with van der Waals surface area (Å²) in [5.74, 6) is -0.632. The molecule has 0 atom stereocenters. The summed E-state index contributed by atoms with van der Waals surface area (Å²) in [5.41, 5.74) is 1.78. The Morgan fingerprint density at radius 3 is 2.80 bits per heavy atom. The molecular weight excluding hydrogens is 274 g/mol. The normalized spacial score (nSPS) is 10.7. The van der Waals surface area contributed by atoms with E-state index in [9.17, 15) is 9.90 Å². The standard InChI is InChI=1S/C15H11NO3S/c1-9-5-4-7-11(14(17)18)13(9)19-15-10-6-2-3-8-12(10)16-20-15/h2-8H,1H3,(H,17,18). The molecule has 0 fully saturated rings. The second-order valence-electron chi connectivity index (χ2n) is 4.35. The lowest BCUT2D eigenvalue weighted by atomic mass is 10.1. The lowest BCUT2D eigenvalue weighted by Crippen LogP contribution is -2.01. The highest BCUT2D eigenvalue weighted by Crippen LogP contribution is 2.36. The van der Waals surface area contributed by atoms with Crippen molar-refractivity contribution in [1.29, 1.82) is 0 Å². The third-order valence-corrected chi connectivity index (χ3v) is 3.74. The predicted octanol–water partition coefficient (Wildman–Crippen LogP) is 4.10. The van der Waals surface area contributed by atoms with Crippen LogP contribution in [0.15, 0.2) is 42.5 Å². The van der Waals surface area contributed by atoms with E-state index in [1.54, 1.807) is 6.07 Å². The smallest absolute Gasteiger partial charge is 0.339 e. The van der Waals surface area contributed by atoms with Crippen molar-refractivity contribution in [1.82, 2.24) is 4.37 Å². The number of ether oxygens (including phenoxy) is 1. The fourth-order valence-electron chi connectivity index (χ4n) is 1.99. The van der Waals surface area contributed by atoms with E-state index in [1.807, 2.05) is 37.3 Å². The van der Waals surface area contributed by atoms with E-state index in [0.717, 1.165) is 16.5 Å². The van der Waals surface area contributed by atoms with Crippen molar-refractivity contribution in [2.75, 3.05) is 0 Å². The van der Waals surface area contributed by atoms with E-state index < -0.39 is 5.97 Å². The molecule has 0 saturated heterocycles. The lowest BCUT2D eigenvalue weighted by Gasteiger charge is -2.09. The van der Waals surface area contributed by atoms with Gasteiger partial charge in [0.15, 0.2) is 0 Å². The van der Waals surface area contributed by atoms with Gasteiger partial charge in [-0.15, -0.1) is 0 Å². The number of aryl methyl sites for hydroxylation is 1. The Morgan fingerprint density at radius 1 is 1.20 bits per heavy atom. The van der Waals surface area contributed by atoms with Crippen molar-refractivity contribution in [3.8, 4) is 10.8 Å². The van der Waals surface area contributed by atoms with Gasteiger partial charge in [0, 0.05) is 11.5 Å². The van der Waals surface area contributed by atoms with E-state index in [0.29, 0.717) is 10.8 Å². The van der Waals surface area contributed by atoms with Crippen LogP contribution in [0.5, 0.6) is 10.8 Å². The SMILES string of the molecule is Cc1cccc(C(=O)O)c1Oc1snc2ccccc12. The van der Waals surface area contributed by atoms with Crippen LogP contribution in [0, 0.1) is 6.92 Å². The van der Waals surface area contributed by atoms with Crippen LogP contribution in [0.4, 0.5) is 0 Å². The van der Waals surface area contributed by atoms with Gasteiger partial charge in [0.1, 0.15) is 11.3 Å². The highest BCUT2D eigenvalue weighted by Gasteiger charge is 2.16. The summed E-state index contributed by atoms with van der Waals surface area (Å²) >= 11 is 1.22. The number of carboxylic acids is 1. The number of para-hydroxylation sites is 1. The molecule has 0 bridgehead atoms. The number of nitrogens with zero attached hydrogens (tertiary/aromatic N) is 1. The number of aromatic nitrogens is 1. The fraction of sp³-hybridized carbons (Fsp3) is 0.0667. The molecule has 0 unspecified atom stereocenters. The molecule has 3 aromatic rings. The van der Waals surface area contributed by atoms with E-state index in [-0.39, 0.29) is 5.56 Å². The maximum atomic E-state index is 11.3. The number of fused-ring (bicyclic) bond motifs is 1. The van der Waals surface area contributed by atoms with Gasteiger partial charge in [-0.2, -0.15) is 4.37 Å². The molecule has 1 heterocycles. The second kappa shape index (κ2) is 4.94. The molecule has 0 aliphatic carbocycles. The van der Waals surface area contributed by atoms with Crippen molar-refractivity contribution >= 4 is 28.4 Å². The Morgan fingerprint density at radius 2 is 2.00 bits per heavy atom. The zero-order valence-corrected chi connectivity index (χ0v) is 11.5. The van der Waals surface area contributed by atoms with Crippen LogP contribution in [0.2, 0.25) is 0 Å². The van der Waals surface area contributed by atoms with Crippen LogP contribution in [-0.2, 0) is 0 Å². The summed E-state index contributed by atoms with van der Waals surface area (Å²) in [4.78, 5) is 11.3. The Balaban J connectivity index is 2.10. The second-order valence-corrected chi connectivity index (χ2v) is 5.08. The van der Waals surface area contributed by atoms with Crippen LogP contribution in [0.3, 0.4) is 0 Å². The molecule has 3 rings (SSSR count). The Kier molecular flexibility index (Phi) is 3.12. The maximum Gasteiger partial charge on any atom is 0.339 e. The summed E-state index contributed by atoms with van der Waals surface area (Å²) in [5, 5.41) is 10.7. The minimum atomic E-state index is -1.00. The zero-order valence-electron chi connectivity index (χ0n) is 10.7. The average molecular weight is 285 g/mol. The first-order valence-corrected chi connectivity index (χ1v) is 6.79. The van der Waals surface area contributed by atoms with E-state index in [4.69, 9.17) is 4.74 Å². The molecule has 2 aromatic carbocycles. The number of carboxylic acid groups (broad SMARTS) is 1. The van der Waals surface area contributed by atoms with Gasteiger partial charge >= 0.3 is 5.97 Å². The molecule has 100 valence electrons. The van der Waals surface area contributed by atoms with Crippen molar-refractivity contribution < 1.29 is 14.6 Å². The van der Waals surface area contributed by atoms with E-state index >= 15 is 0 Å². The molecule has 20 heavy (non-hydrogen) atoms. The molecule has 0 radical (unpaired) electrons. The summed E-state index contributed by atoms with van der Waals surface area (Å²) in [6.45, 7) is 1.82. The molecule has 1 N–H and O–H groups in total. The summed E-state index contributed by atoms with van der Waals surface area (Å²) in [7, 11) is 0. The summed E-state index contributed by atoms with van der Waals surface area (Å²) in [6.07, 6.45) is 0. The van der Waals surface area contributed by atoms with Gasteiger partial charge in [0.2, 0.25) is 5.06 Å². The maximum absolute atomic E-state index is 11.3. The van der Waals surface area contributed by atoms with Crippen molar-refractivity contribution in [2.45, 2.75) is 6.92 Å². The Bertz CT molecular complexity index is 795. The van der Waals surface area contributed by atoms with Gasteiger partial charge in [-0.3, -0.25) is 0 Å². The number of hydrogen-bond acceptors (Lipinski definition) is 4. The van der Waals surface area contributed by atoms with Gasteiger partial charge in [0.25, 0.3) is 0 Å². The monoisotopic (exact) mass is 285 g/mol. The van der Waals surface area contributed by atoms with Gasteiger partial charge in [-0.1, -0.05) is 24.3 Å². The third-order valence-electron chi connectivity index (χ3n) is 2.99. The molecule has 0 amide bonds. The average Bonchev–Trinajstić information content (AvgIpc) is 2.84. The first kappa shape index (κ1) is 12.6.